The van der Waals surface area contributed by atoms with Crippen molar-refractivity contribution in [3.8, 4) is 0 Å². The van der Waals surface area contributed by atoms with Crippen LogP contribution in [-0.2, 0) is 11.2 Å². The van der Waals surface area contributed by atoms with Crippen LogP contribution in [0.15, 0.2) is 24.4 Å². The Bertz CT molecular complexity index is 394. The lowest BCUT2D eigenvalue weighted by atomic mass is 9.92. The van der Waals surface area contributed by atoms with Gasteiger partial charge >= 0.3 is 0 Å². The molecule has 1 aromatic heterocycles. The molecular formula is C15H22N2O2. The van der Waals surface area contributed by atoms with Crippen molar-refractivity contribution in [1.82, 2.24) is 10.3 Å². The minimum absolute atomic E-state index is 0.0434. The van der Waals surface area contributed by atoms with Gasteiger partial charge < -0.3 is 10.4 Å². The third-order valence-corrected chi connectivity index (χ3v) is 3.64. The highest BCUT2D eigenvalue weighted by Crippen LogP contribution is 2.18. The van der Waals surface area contributed by atoms with Crippen LogP contribution in [-0.4, -0.2) is 28.1 Å². The molecule has 0 spiro atoms. The van der Waals surface area contributed by atoms with Crippen LogP contribution in [0.2, 0.25) is 0 Å². The maximum atomic E-state index is 11.8. The highest BCUT2D eigenvalue weighted by atomic mass is 16.3. The molecule has 0 aromatic carbocycles. The van der Waals surface area contributed by atoms with Crippen molar-refractivity contribution in [3.05, 3.63) is 30.1 Å². The Hall–Kier alpha value is -1.42. The summed E-state index contributed by atoms with van der Waals surface area (Å²) < 4.78 is 0. The van der Waals surface area contributed by atoms with Gasteiger partial charge in [0.05, 0.1) is 12.1 Å². The molecule has 2 N–H and O–H groups in total. The number of aliphatic hydroxyl groups is 1. The molecule has 1 amide bonds. The molecule has 2 unspecified atom stereocenters. The van der Waals surface area contributed by atoms with Crippen LogP contribution < -0.4 is 5.32 Å². The van der Waals surface area contributed by atoms with Crippen LogP contribution >= 0.6 is 0 Å². The lowest BCUT2D eigenvalue weighted by Gasteiger charge is -2.28. The molecule has 2 rings (SSSR count). The van der Waals surface area contributed by atoms with Crippen LogP contribution in [0.25, 0.3) is 0 Å². The molecule has 1 saturated carbocycles. The van der Waals surface area contributed by atoms with E-state index >= 15 is 0 Å². The average Bonchev–Trinajstić information content (AvgIpc) is 2.43. The molecule has 4 nitrogen and oxygen atoms in total. The standard InChI is InChI=1S/C15H22N2O2/c18-14-9-2-1-8-13(14)17-15(19)10-5-7-12-6-3-4-11-16-12/h3-4,6,11,13-14,18H,1-2,5,7-10H2,(H,17,19). The molecule has 104 valence electrons. The number of nitrogens with zero attached hydrogens (tertiary/aromatic N) is 1. The zero-order chi connectivity index (χ0) is 13.5. The first kappa shape index (κ1) is 14.0. The molecule has 4 heteroatoms. The van der Waals surface area contributed by atoms with E-state index in [4.69, 9.17) is 0 Å². The largest absolute Gasteiger partial charge is 0.391 e. The summed E-state index contributed by atoms with van der Waals surface area (Å²) in [6.07, 6.45) is 7.38. The second kappa shape index (κ2) is 7.24. The van der Waals surface area contributed by atoms with Gasteiger partial charge in [-0.2, -0.15) is 0 Å². The van der Waals surface area contributed by atoms with Crippen molar-refractivity contribution in [2.24, 2.45) is 0 Å². The van der Waals surface area contributed by atoms with Crippen LogP contribution in [0.4, 0.5) is 0 Å². The van der Waals surface area contributed by atoms with Crippen molar-refractivity contribution in [2.75, 3.05) is 0 Å². The number of pyridine rings is 1. The predicted octanol–water partition coefficient (Wildman–Crippen LogP) is 1.82. The summed E-state index contributed by atoms with van der Waals surface area (Å²) in [7, 11) is 0. The molecule has 1 aromatic rings. The summed E-state index contributed by atoms with van der Waals surface area (Å²) >= 11 is 0. The Balaban J connectivity index is 1.67. The monoisotopic (exact) mass is 262 g/mol. The van der Waals surface area contributed by atoms with Gasteiger partial charge in [0, 0.05) is 18.3 Å². The molecule has 0 radical (unpaired) electrons. The Morgan fingerprint density at radius 3 is 2.95 bits per heavy atom. The zero-order valence-electron chi connectivity index (χ0n) is 11.2. The summed E-state index contributed by atoms with van der Waals surface area (Å²) in [4.78, 5) is 16.0. The highest BCUT2D eigenvalue weighted by molar-refractivity contribution is 5.76. The predicted molar refractivity (Wildman–Crippen MR) is 73.6 cm³/mol. The maximum Gasteiger partial charge on any atom is 0.220 e. The molecule has 1 heterocycles. The number of carbonyl (C=O) groups is 1. The molecule has 0 aliphatic heterocycles. The van der Waals surface area contributed by atoms with Gasteiger partial charge in [-0.3, -0.25) is 9.78 Å². The van der Waals surface area contributed by atoms with Crippen molar-refractivity contribution < 1.29 is 9.90 Å². The number of hydrogen-bond acceptors (Lipinski definition) is 3. The smallest absolute Gasteiger partial charge is 0.220 e. The van der Waals surface area contributed by atoms with Gasteiger partial charge in [0.15, 0.2) is 0 Å². The summed E-state index contributed by atoms with van der Waals surface area (Å²) in [5.41, 5.74) is 1.02. The Morgan fingerprint density at radius 2 is 2.21 bits per heavy atom. The van der Waals surface area contributed by atoms with Gasteiger partial charge in [0.1, 0.15) is 0 Å². The highest BCUT2D eigenvalue weighted by Gasteiger charge is 2.23. The quantitative estimate of drug-likeness (QED) is 0.851. The van der Waals surface area contributed by atoms with E-state index < -0.39 is 0 Å². The summed E-state index contributed by atoms with van der Waals surface area (Å²) in [6.45, 7) is 0. The van der Waals surface area contributed by atoms with E-state index in [9.17, 15) is 9.90 Å². The van der Waals surface area contributed by atoms with Crippen molar-refractivity contribution in [3.63, 3.8) is 0 Å². The van der Waals surface area contributed by atoms with Gasteiger partial charge in [-0.25, -0.2) is 0 Å². The average molecular weight is 262 g/mol. The van der Waals surface area contributed by atoms with Crippen LogP contribution in [0, 0.1) is 0 Å². The van der Waals surface area contributed by atoms with Crippen molar-refractivity contribution in [2.45, 2.75) is 57.1 Å². The van der Waals surface area contributed by atoms with E-state index in [-0.39, 0.29) is 18.1 Å². The fourth-order valence-electron chi connectivity index (χ4n) is 2.53. The van der Waals surface area contributed by atoms with E-state index in [0.29, 0.717) is 6.42 Å². The van der Waals surface area contributed by atoms with Gasteiger partial charge in [0.25, 0.3) is 0 Å². The fraction of sp³-hybridized carbons (Fsp3) is 0.600. The number of aryl methyl sites for hydroxylation is 1. The first-order chi connectivity index (χ1) is 9.25. The summed E-state index contributed by atoms with van der Waals surface area (Å²) in [5.74, 6) is 0.0434. The summed E-state index contributed by atoms with van der Waals surface area (Å²) in [6, 6.07) is 5.78. The Kier molecular flexibility index (Phi) is 5.33. The molecule has 19 heavy (non-hydrogen) atoms. The molecule has 2 atom stereocenters. The van der Waals surface area contributed by atoms with E-state index in [2.05, 4.69) is 10.3 Å². The van der Waals surface area contributed by atoms with Gasteiger partial charge in [0.2, 0.25) is 5.91 Å². The Morgan fingerprint density at radius 1 is 1.37 bits per heavy atom. The van der Waals surface area contributed by atoms with Gasteiger partial charge in [-0.05, 0) is 37.8 Å². The van der Waals surface area contributed by atoms with Crippen molar-refractivity contribution in [1.29, 1.82) is 0 Å². The number of aromatic nitrogens is 1. The second-order valence-corrected chi connectivity index (χ2v) is 5.20. The topological polar surface area (TPSA) is 62.2 Å². The van der Waals surface area contributed by atoms with E-state index in [1.54, 1.807) is 6.20 Å². The zero-order valence-corrected chi connectivity index (χ0v) is 11.2. The third-order valence-electron chi connectivity index (χ3n) is 3.64. The first-order valence-electron chi connectivity index (χ1n) is 7.13. The molecular weight excluding hydrogens is 240 g/mol. The molecule has 1 aliphatic carbocycles. The normalized spacial score (nSPS) is 23.0. The van der Waals surface area contributed by atoms with Gasteiger partial charge in [-0.15, -0.1) is 0 Å². The Labute approximate surface area is 114 Å². The minimum Gasteiger partial charge on any atom is -0.391 e. The SMILES string of the molecule is O=C(CCCc1ccccn1)NC1CCCCC1O. The van der Waals surface area contributed by atoms with E-state index in [0.717, 1.165) is 44.2 Å². The lowest BCUT2D eigenvalue weighted by molar-refractivity contribution is -0.123. The minimum atomic E-state index is -0.367. The number of aliphatic hydroxyl groups excluding tert-OH is 1. The van der Waals surface area contributed by atoms with Crippen molar-refractivity contribution >= 4 is 5.91 Å². The number of nitrogens with one attached hydrogen (secondary N) is 1. The molecule has 1 fully saturated rings. The second-order valence-electron chi connectivity index (χ2n) is 5.20. The first-order valence-corrected chi connectivity index (χ1v) is 7.13. The maximum absolute atomic E-state index is 11.8. The van der Waals surface area contributed by atoms with Gasteiger partial charge in [-0.1, -0.05) is 18.9 Å². The van der Waals surface area contributed by atoms with E-state index in [1.165, 1.54) is 0 Å². The summed E-state index contributed by atoms with van der Waals surface area (Å²) in [5, 5.41) is 12.7. The third kappa shape index (κ3) is 4.63. The van der Waals surface area contributed by atoms with Crippen LogP contribution in [0.5, 0.6) is 0 Å². The molecule has 0 saturated heterocycles. The number of rotatable bonds is 5. The lowest BCUT2D eigenvalue weighted by Crippen LogP contribution is -2.45. The van der Waals surface area contributed by atoms with Crippen LogP contribution in [0.1, 0.15) is 44.2 Å². The van der Waals surface area contributed by atoms with Crippen LogP contribution in [0.3, 0.4) is 0 Å². The number of amides is 1. The molecule has 0 bridgehead atoms. The molecule has 1 aliphatic rings. The number of hydrogen-bond donors (Lipinski definition) is 2. The number of carbonyl (C=O) groups excluding carboxylic acids is 1. The van der Waals surface area contributed by atoms with E-state index in [1.807, 2.05) is 18.2 Å². The fourth-order valence-corrected chi connectivity index (χ4v) is 2.53.